The van der Waals surface area contributed by atoms with E-state index in [1.165, 1.54) is 0 Å². The highest BCUT2D eigenvalue weighted by atomic mass is 35.5. The minimum absolute atomic E-state index is 0.103. The number of halogens is 2. The van der Waals surface area contributed by atoms with E-state index >= 15 is 0 Å². The fourth-order valence-electron chi connectivity index (χ4n) is 1.21. The summed E-state index contributed by atoms with van der Waals surface area (Å²) in [5.74, 6) is -2.14. The number of hydrogen-bond acceptors (Lipinski definition) is 5. The molecule has 0 radical (unpaired) electrons. The van der Waals surface area contributed by atoms with E-state index in [1.807, 2.05) is 0 Å². The topological polar surface area (TPSA) is 65.0 Å². The lowest BCUT2D eigenvalue weighted by Gasteiger charge is -2.03. The number of nitrogens with zero attached hydrogens (tertiary/aromatic N) is 1. The summed E-state index contributed by atoms with van der Waals surface area (Å²) in [6, 6.07) is 6.92. The van der Waals surface area contributed by atoms with Crippen LogP contribution in [0.2, 0.25) is 5.02 Å². The molecule has 0 heterocycles. The number of carbonyl (C=O) groups is 2. The van der Waals surface area contributed by atoms with Crippen LogP contribution >= 0.6 is 23.2 Å². The number of esters is 1. The molecule has 1 aromatic rings. The lowest BCUT2D eigenvalue weighted by molar-refractivity contribution is -0.150. The predicted octanol–water partition coefficient (Wildman–Crippen LogP) is 2.58. The molecule has 0 aliphatic heterocycles. The third-order valence-corrected chi connectivity index (χ3v) is 2.67. The van der Waals surface area contributed by atoms with Crippen LogP contribution in [0.3, 0.4) is 0 Å². The molecule has 0 saturated carbocycles. The summed E-state index contributed by atoms with van der Waals surface area (Å²) < 4.78 is 4.57. The van der Waals surface area contributed by atoms with Gasteiger partial charge in [0, 0.05) is 5.02 Å². The molecule has 20 heavy (non-hydrogen) atoms. The second-order valence-electron chi connectivity index (χ2n) is 3.62. The first-order valence-electron chi connectivity index (χ1n) is 5.79. The maximum atomic E-state index is 11.6. The lowest BCUT2D eigenvalue weighted by atomic mass is 10.2. The van der Waals surface area contributed by atoms with E-state index in [9.17, 15) is 9.59 Å². The van der Waals surface area contributed by atoms with Crippen molar-refractivity contribution in [1.82, 2.24) is 0 Å². The number of alkyl halides is 1. The third kappa shape index (κ3) is 5.19. The summed E-state index contributed by atoms with van der Waals surface area (Å²) in [4.78, 5) is 27.8. The van der Waals surface area contributed by atoms with Crippen LogP contribution in [0.5, 0.6) is 0 Å². The first-order chi connectivity index (χ1) is 9.58. The van der Waals surface area contributed by atoms with Crippen molar-refractivity contribution >= 4 is 40.7 Å². The Labute approximate surface area is 126 Å². The second kappa shape index (κ2) is 8.55. The zero-order valence-corrected chi connectivity index (χ0v) is 12.3. The molecule has 0 unspecified atom stereocenters. The van der Waals surface area contributed by atoms with E-state index < -0.39 is 11.8 Å². The molecule has 7 heteroatoms. The van der Waals surface area contributed by atoms with E-state index in [0.717, 1.165) is 5.56 Å². The van der Waals surface area contributed by atoms with Gasteiger partial charge in [0.05, 0.1) is 12.5 Å². The van der Waals surface area contributed by atoms with Crippen molar-refractivity contribution < 1.29 is 19.2 Å². The Kier molecular flexibility index (Phi) is 7.04. The monoisotopic (exact) mass is 317 g/mol. The molecule has 0 saturated heterocycles. The number of oxime groups is 1. The number of Topliss-reactive ketones (excluding diaryl/α,β-unsaturated/α-hetero) is 1. The molecule has 5 nitrogen and oxygen atoms in total. The van der Waals surface area contributed by atoms with Crippen molar-refractivity contribution in [2.75, 3.05) is 12.5 Å². The minimum atomic E-state index is -0.998. The maximum absolute atomic E-state index is 11.6. The largest absolute Gasteiger partial charge is 0.460 e. The van der Waals surface area contributed by atoms with Crippen molar-refractivity contribution in [2.45, 2.75) is 13.5 Å². The standard InChI is InChI=1S/C13H13Cl2NO4/c1-2-19-13(18)12(17)11(7-14)16-20-8-9-3-5-10(15)6-4-9/h3-6H,2,7-8H2,1H3. The number of ketones is 1. The van der Waals surface area contributed by atoms with Crippen LogP contribution in [0.1, 0.15) is 12.5 Å². The van der Waals surface area contributed by atoms with Crippen LogP contribution in [0.4, 0.5) is 0 Å². The Bertz CT molecular complexity index is 500. The van der Waals surface area contributed by atoms with E-state index in [-0.39, 0.29) is 24.8 Å². The van der Waals surface area contributed by atoms with Crippen molar-refractivity contribution in [3.8, 4) is 0 Å². The molecule has 1 aromatic carbocycles. The van der Waals surface area contributed by atoms with Crippen LogP contribution in [-0.4, -0.2) is 30.0 Å². The average molecular weight is 318 g/mol. The van der Waals surface area contributed by atoms with E-state index in [2.05, 4.69) is 9.89 Å². The van der Waals surface area contributed by atoms with Gasteiger partial charge in [-0.25, -0.2) is 4.79 Å². The van der Waals surface area contributed by atoms with Gasteiger partial charge in [0.15, 0.2) is 0 Å². The van der Waals surface area contributed by atoms with E-state index in [4.69, 9.17) is 28.0 Å². The number of rotatable bonds is 7. The maximum Gasteiger partial charge on any atom is 0.381 e. The number of hydrogen-bond donors (Lipinski definition) is 0. The molecule has 108 valence electrons. The van der Waals surface area contributed by atoms with Gasteiger partial charge in [0.2, 0.25) is 0 Å². The van der Waals surface area contributed by atoms with Crippen molar-refractivity contribution in [2.24, 2.45) is 5.16 Å². The fraction of sp³-hybridized carbons (Fsp3) is 0.308. The molecule has 1 rings (SSSR count). The number of ether oxygens (including phenoxy) is 1. The number of carbonyl (C=O) groups excluding carboxylic acids is 2. The van der Waals surface area contributed by atoms with Crippen LogP contribution in [0, 0.1) is 0 Å². The van der Waals surface area contributed by atoms with Crippen molar-refractivity contribution in [1.29, 1.82) is 0 Å². The van der Waals surface area contributed by atoms with Gasteiger partial charge in [0.25, 0.3) is 5.78 Å². The van der Waals surface area contributed by atoms with Gasteiger partial charge in [0.1, 0.15) is 12.3 Å². The normalized spacial score (nSPS) is 11.1. The Morgan fingerprint density at radius 1 is 1.25 bits per heavy atom. The van der Waals surface area contributed by atoms with Crippen LogP contribution in [0.15, 0.2) is 29.4 Å². The molecule has 0 amide bonds. The van der Waals surface area contributed by atoms with Gasteiger partial charge in [-0.15, -0.1) is 11.6 Å². The summed E-state index contributed by atoms with van der Waals surface area (Å²) in [6.07, 6.45) is 0. The Hall–Kier alpha value is -1.59. The SMILES string of the molecule is CCOC(=O)C(=O)C(CCl)=NOCc1ccc(Cl)cc1. The summed E-state index contributed by atoms with van der Waals surface area (Å²) in [5, 5.41) is 4.17. The fourth-order valence-corrected chi connectivity index (χ4v) is 1.50. The van der Waals surface area contributed by atoms with Gasteiger partial charge < -0.3 is 9.57 Å². The first-order valence-corrected chi connectivity index (χ1v) is 6.70. The molecular formula is C13H13Cl2NO4. The molecule has 0 aliphatic carbocycles. The Morgan fingerprint density at radius 3 is 2.45 bits per heavy atom. The van der Waals surface area contributed by atoms with Gasteiger partial charge >= 0.3 is 5.97 Å². The molecule has 0 atom stereocenters. The smallest absolute Gasteiger partial charge is 0.381 e. The molecule has 0 aliphatic rings. The van der Waals surface area contributed by atoms with Gasteiger partial charge in [-0.1, -0.05) is 28.9 Å². The van der Waals surface area contributed by atoms with Gasteiger partial charge in [-0.05, 0) is 24.6 Å². The third-order valence-electron chi connectivity index (χ3n) is 2.17. The summed E-state index contributed by atoms with van der Waals surface area (Å²) in [7, 11) is 0. The first kappa shape index (κ1) is 16.5. The van der Waals surface area contributed by atoms with Crippen LogP contribution in [-0.2, 0) is 25.8 Å². The van der Waals surface area contributed by atoms with Crippen molar-refractivity contribution in [3.63, 3.8) is 0 Å². The Balaban J connectivity index is 2.59. The molecule has 0 N–H and O–H groups in total. The molecule has 0 bridgehead atoms. The zero-order valence-electron chi connectivity index (χ0n) is 10.8. The van der Waals surface area contributed by atoms with Crippen LogP contribution in [0.25, 0.3) is 0 Å². The van der Waals surface area contributed by atoms with E-state index in [0.29, 0.717) is 5.02 Å². The van der Waals surface area contributed by atoms with Crippen molar-refractivity contribution in [3.05, 3.63) is 34.9 Å². The highest BCUT2D eigenvalue weighted by Gasteiger charge is 2.21. The summed E-state index contributed by atoms with van der Waals surface area (Å²) in [5.41, 5.74) is 0.620. The molecule has 0 aromatic heterocycles. The van der Waals surface area contributed by atoms with Gasteiger partial charge in [-0.2, -0.15) is 0 Å². The second-order valence-corrected chi connectivity index (χ2v) is 4.32. The highest BCUT2D eigenvalue weighted by Crippen LogP contribution is 2.10. The van der Waals surface area contributed by atoms with E-state index in [1.54, 1.807) is 31.2 Å². The quantitative estimate of drug-likeness (QED) is 0.255. The summed E-state index contributed by atoms with van der Waals surface area (Å²) >= 11 is 11.3. The van der Waals surface area contributed by atoms with Gasteiger partial charge in [-0.3, -0.25) is 4.79 Å². The molecule has 0 fully saturated rings. The lowest BCUT2D eigenvalue weighted by Crippen LogP contribution is -2.27. The minimum Gasteiger partial charge on any atom is -0.460 e. The highest BCUT2D eigenvalue weighted by molar-refractivity contribution is 6.67. The molecular weight excluding hydrogens is 305 g/mol. The predicted molar refractivity (Wildman–Crippen MR) is 76.0 cm³/mol. The molecule has 0 spiro atoms. The summed E-state index contributed by atoms with van der Waals surface area (Å²) in [6.45, 7) is 1.83. The van der Waals surface area contributed by atoms with Crippen LogP contribution < -0.4 is 0 Å². The number of benzene rings is 1. The zero-order chi connectivity index (χ0) is 15.0. The average Bonchev–Trinajstić information content (AvgIpc) is 2.45. The Morgan fingerprint density at radius 2 is 1.90 bits per heavy atom.